The quantitative estimate of drug-likeness (QED) is 0.311. The zero-order chi connectivity index (χ0) is 23.3. The van der Waals surface area contributed by atoms with Crippen molar-refractivity contribution in [2.24, 2.45) is 0 Å². The number of nitrogens with one attached hydrogen (secondary N) is 1. The fraction of sp³-hybridized carbons (Fsp3) is 0.160. The number of rotatable bonds is 7. The first kappa shape index (κ1) is 21.8. The Kier molecular flexibility index (Phi) is 6.35. The van der Waals surface area contributed by atoms with Gasteiger partial charge in [-0.15, -0.1) is 10.2 Å². The summed E-state index contributed by atoms with van der Waals surface area (Å²) < 4.78 is 13.1. The number of aromatic nitrogens is 3. The lowest BCUT2D eigenvalue weighted by atomic mass is 10.0. The van der Waals surface area contributed by atoms with Gasteiger partial charge in [0, 0.05) is 5.69 Å². The van der Waals surface area contributed by atoms with Crippen LogP contribution in [0.2, 0.25) is 0 Å². The van der Waals surface area contributed by atoms with E-state index < -0.39 is 6.10 Å². The van der Waals surface area contributed by atoms with Crippen LogP contribution in [0.5, 0.6) is 11.5 Å². The highest BCUT2D eigenvalue weighted by atomic mass is 32.2. The Morgan fingerprint density at radius 1 is 1.00 bits per heavy atom. The second kappa shape index (κ2) is 9.88. The summed E-state index contributed by atoms with van der Waals surface area (Å²) in [5.74, 6) is 7.94. The predicted octanol–water partition coefficient (Wildman–Crippen LogP) is 3.83. The molecule has 1 atom stereocenters. The summed E-state index contributed by atoms with van der Waals surface area (Å²) in [5, 5.41) is 11.7. The van der Waals surface area contributed by atoms with E-state index in [-0.39, 0.29) is 18.3 Å². The summed E-state index contributed by atoms with van der Waals surface area (Å²) in [5.41, 5.74) is 3.02. The number of hydrogen-bond acceptors (Lipinski definition) is 7. The number of ether oxygens (including phenoxy) is 2. The van der Waals surface area contributed by atoms with Crippen LogP contribution in [0.4, 0.5) is 5.69 Å². The minimum absolute atomic E-state index is 0.139. The minimum atomic E-state index is -0.486. The second-order valence-electron chi connectivity index (χ2n) is 7.73. The average Bonchev–Trinajstić information content (AvgIpc) is 3.24. The summed E-state index contributed by atoms with van der Waals surface area (Å²) >= 11 is 1.21. The zero-order valence-corrected chi connectivity index (χ0v) is 19.1. The molecular weight excluding hydrogens is 450 g/mol. The van der Waals surface area contributed by atoms with E-state index in [0.717, 1.165) is 17.7 Å². The van der Waals surface area contributed by atoms with Crippen LogP contribution in [-0.2, 0) is 11.2 Å². The summed E-state index contributed by atoms with van der Waals surface area (Å²) in [6, 6.07) is 25.4. The highest BCUT2D eigenvalue weighted by Gasteiger charge is 2.28. The van der Waals surface area contributed by atoms with Gasteiger partial charge in [-0.1, -0.05) is 72.4 Å². The Hall–Kier alpha value is -3.98. The number of carbonyl (C=O) groups excluding carboxylic acids is 1. The summed E-state index contributed by atoms with van der Waals surface area (Å²) in [7, 11) is 0. The van der Waals surface area contributed by atoms with Crippen molar-refractivity contribution in [1.82, 2.24) is 14.9 Å². The van der Waals surface area contributed by atoms with Crippen molar-refractivity contribution >= 4 is 23.4 Å². The van der Waals surface area contributed by atoms with Crippen molar-refractivity contribution in [2.45, 2.75) is 17.7 Å². The third kappa shape index (κ3) is 4.84. The average molecular weight is 474 g/mol. The molecule has 0 saturated heterocycles. The molecule has 0 aliphatic carbocycles. The molecular formula is C25H23N5O3S. The maximum absolute atomic E-state index is 12.7. The van der Waals surface area contributed by atoms with Crippen molar-refractivity contribution in [3.8, 4) is 11.5 Å². The Labute approximate surface area is 201 Å². The van der Waals surface area contributed by atoms with E-state index in [4.69, 9.17) is 15.3 Å². The summed E-state index contributed by atoms with van der Waals surface area (Å²) in [6.07, 6.45) is 0.248. The highest BCUT2D eigenvalue weighted by molar-refractivity contribution is 7.99. The maximum atomic E-state index is 12.7. The van der Waals surface area contributed by atoms with E-state index in [0.29, 0.717) is 22.5 Å². The molecule has 3 aromatic carbocycles. The monoisotopic (exact) mass is 473 g/mol. The SMILES string of the molecule is Nn1c(SCC(=O)Nc2ccccc2Cc2ccccc2)nnc1[C@@H]1COc2ccccc2O1. The molecule has 9 heteroatoms. The van der Waals surface area contributed by atoms with Crippen LogP contribution in [0.1, 0.15) is 23.1 Å². The lowest BCUT2D eigenvalue weighted by Crippen LogP contribution is -2.27. The molecule has 1 aliphatic heterocycles. The van der Waals surface area contributed by atoms with Gasteiger partial charge < -0.3 is 20.6 Å². The summed E-state index contributed by atoms with van der Waals surface area (Å²) in [6.45, 7) is 0.274. The third-order valence-corrected chi connectivity index (χ3v) is 6.29. The van der Waals surface area contributed by atoms with E-state index >= 15 is 0 Å². The number of nitrogens with two attached hydrogens (primary N) is 1. The van der Waals surface area contributed by atoms with Crippen molar-refractivity contribution in [1.29, 1.82) is 0 Å². The number of nitrogens with zero attached hydrogens (tertiary/aromatic N) is 3. The predicted molar refractivity (Wildman–Crippen MR) is 131 cm³/mol. The number of para-hydroxylation sites is 3. The Balaban J connectivity index is 1.21. The molecule has 0 radical (unpaired) electrons. The number of anilines is 1. The van der Waals surface area contributed by atoms with E-state index in [9.17, 15) is 4.79 Å². The molecule has 1 amide bonds. The Bertz CT molecular complexity index is 1290. The topological polar surface area (TPSA) is 104 Å². The van der Waals surface area contributed by atoms with Crippen LogP contribution in [0.3, 0.4) is 0 Å². The molecule has 3 N–H and O–H groups in total. The number of nitrogen functional groups attached to an aromatic ring is 1. The number of thioether (sulfide) groups is 1. The maximum Gasteiger partial charge on any atom is 0.234 e. The van der Waals surface area contributed by atoms with Crippen molar-refractivity contribution in [3.63, 3.8) is 0 Å². The molecule has 0 spiro atoms. The molecule has 4 aromatic rings. The van der Waals surface area contributed by atoms with Crippen molar-refractivity contribution in [3.05, 3.63) is 95.8 Å². The normalized spacial score (nSPS) is 14.5. The largest absolute Gasteiger partial charge is 0.485 e. The van der Waals surface area contributed by atoms with Gasteiger partial charge in [0.1, 0.15) is 6.61 Å². The molecule has 34 heavy (non-hydrogen) atoms. The molecule has 8 nitrogen and oxygen atoms in total. The lowest BCUT2D eigenvalue weighted by molar-refractivity contribution is -0.113. The molecule has 5 rings (SSSR count). The fourth-order valence-corrected chi connectivity index (χ4v) is 4.35. The first-order valence-electron chi connectivity index (χ1n) is 10.8. The summed E-state index contributed by atoms with van der Waals surface area (Å²) in [4.78, 5) is 12.7. The van der Waals surface area contributed by atoms with E-state index in [1.54, 1.807) is 0 Å². The number of amides is 1. The Morgan fingerprint density at radius 3 is 2.59 bits per heavy atom. The van der Waals surface area contributed by atoms with E-state index in [1.165, 1.54) is 22.0 Å². The van der Waals surface area contributed by atoms with E-state index in [2.05, 4.69) is 27.6 Å². The lowest BCUT2D eigenvalue weighted by Gasteiger charge is -2.25. The van der Waals surface area contributed by atoms with Gasteiger partial charge in [0.15, 0.2) is 23.4 Å². The van der Waals surface area contributed by atoms with Crippen LogP contribution < -0.4 is 20.6 Å². The standard InChI is InChI=1S/C25H23N5O3S/c26-30-24(22-15-32-20-12-6-7-13-21(20)33-22)28-29-25(30)34-16-23(31)27-19-11-5-4-10-18(19)14-17-8-2-1-3-9-17/h1-13,22H,14-16,26H2,(H,27,31)/t22-/m0/s1. The number of carbonyl (C=O) groups is 1. The van der Waals surface area contributed by atoms with Gasteiger partial charge >= 0.3 is 0 Å². The minimum Gasteiger partial charge on any atom is -0.485 e. The number of fused-ring (bicyclic) bond motifs is 1. The van der Waals surface area contributed by atoms with Crippen LogP contribution in [-0.4, -0.2) is 33.1 Å². The molecule has 1 aliphatic rings. The van der Waals surface area contributed by atoms with Crippen molar-refractivity contribution in [2.75, 3.05) is 23.5 Å². The van der Waals surface area contributed by atoms with Gasteiger partial charge in [-0.25, -0.2) is 4.68 Å². The molecule has 2 heterocycles. The molecule has 172 valence electrons. The van der Waals surface area contributed by atoms with Crippen LogP contribution in [0.15, 0.2) is 84.0 Å². The molecule has 0 unspecified atom stereocenters. The van der Waals surface area contributed by atoms with E-state index in [1.807, 2.05) is 66.7 Å². The molecule has 0 saturated carbocycles. The second-order valence-corrected chi connectivity index (χ2v) is 8.67. The highest BCUT2D eigenvalue weighted by Crippen LogP contribution is 2.35. The fourth-order valence-electron chi connectivity index (χ4n) is 3.68. The van der Waals surface area contributed by atoms with Gasteiger partial charge in [-0.05, 0) is 35.7 Å². The van der Waals surface area contributed by atoms with Crippen LogP contribution in [0, 0.1) is 0 Å². The van der Waals surface area contributed by atoms with Gasteiger partial charge in [0.25, 0.3) is 0 Å². The first-order chi connectivity index (χ1) is 16.7. The van der Waals surface area contributed by atoms with Crippen LogP contribution in [0.25, 0.3) is 0 Å². The molecule has 0 bridgehead atoms. The third-order valence-electron chi connectivity index (χ3n) is 5.35. The van der Waals surface area contributed by atoms with Crippen molar-refractivity contribution < 1.29 is 14.3 Å². The smallest absolute Gasteiger partial charge is 0.234 e. The van der Waals surface area contributed by atoms with Gasteiger partial charge in [-0.2, -0.15) is 0 Å². The van der Waals surface area contributed by atoms with Gasteiger partial charge in [0.2, 0.25) is 11.1 Å². The first-order valence-corrected chi connectivity index (χ1v) is 11.8. The molecule has 1 aromatic heterocycles. The van der Waals surface area contributed by atoms with Gasteiger partial charge in [-0.3, -0.25) is 4.79 Å². The number of hydrogen-bond donors (Lipinski definition) is 2. The Morgan fingerprint density at radius 2 is 1.74 bits per heavy atom. The van der Waals surface area contributed by atoms with Crippen LogP contribution >= 0.6 is 11.8 Å². The molecule has 0 fully saturated rings. The zero-order valence-electron chi connectivity index (χ0n) is 18.3. The number of benzene rings is 3. The van der Waals surface area contributed by atoms with Gasteiger partial charge in [0.05, 0.1) is 5.75 Å².